The van der Waals surface area contributed by atoms with Crippen LogP contribution < -0.4 is 16.0 Å². The quantitative estimate of drug-likeness (QED) is 0.371. The number of methoxy groups -OCH3 is 1. The van der Waals surface area contributed by atoms with Crippen LogP contribution in [0.25, 0.3) is 0 Å². The first-order valence-corrected chi connectivity index (χ1v) is 8.49. The fourth-order valence-electron chi connectivity index (χ4n) is 1.89. The molecule has 1 aromatic carbocycles. The van der Waals surface area contributed by atoms with E-state index in [1.807, 2.05) is 26.0 Å². The van der Waals surface area contributed by atoms with Crippen LogP contribution in [0.4, 0.5) is 0 Å². The average molecular weight is 375 g/mol. The van der Waals surface area contributed by atoms with E-state index in [2.05, 4.69) is 20.9 Å². The second kappa shape index (κ2) is 11.1. The lowest BCUT2D eigenvalue weighted by atomic mass is 10.1. The molecule has 3 N–H and O–H groups in total. The summed E-state index contributed by atoms with van der Waals surface area (Å²) in [5.41, 5.74) is 0.972. The molecule has 134 valence electrons. The van der Waals surface area contributed by atoms with Gasteiger partial charge in [-0.05, 0) is 31.5 Å². The molecule has 0 fully saturated rings. The number of guanidine groups is 1. The van der Waals surface area contributed by atoms with Gasteiger partial charge in [0.15, 0.2) is 5.96 Å². The van der Waals surface area contributed by atoms with Gasteiger partial charge in [-0.1, -0.05) is 29.3 Å². The molecule has 1 rings (SSSR count). The first-order chi connectivity index (χ1) is 11.5. The topological polar surface area (TPSA) is 74.8 Å². The van der Waals surface area contributed by atoms with Crippen molar-refractivity contribution in [3.8, 4) is 0 Å². The number of hydrogen-bond donors (Lipinski definition) is 3. The predicted molar refractivity (Wildman–Crippen MR) is 98.9 cm³/mol. The van der Waals surface area contributed by atoms with Crippen LogP contribution in [0, 0.1) is 0 Å². The minimum atomic E-state index is -0.161. The van der Waals surface area contributed by atoms with Crippen molar-refractivity contribution >= 4 is 35.1 Å². The Morgan fingerprint density at radius 2 is 2.04 bits per heavy atom. The van der Waals surface area contributed by atoms with E-state index in [-0.39, 0.29) is 18.5 Å². The Bertz CT molecular complexity index is 567. The van der Waals surface area contributed by atoms with Crippen LogP contribution >= 0.6 is 23.2 Å². The molecule has 0 radical (unpaired) electrons. The zero-order chi connectivity index (χ0) is 17.9. The van der Waals surface area contributed by atoms with Crippen molar-refractivity contribution in [1.29, 1.82) is 0 Å². The molecule has 0 spiro atoms. The largest absolute Gasteiger partial charge is 0.383 e. The molecular weight excluding hydrogens is 351 g/mol. The second-order valence-electron chi connectivity index (χ2n) is 5.08. The number of hydrogen-bond acceptors (Lipinski definition) is 3. The van der Waals surface area contributed by atoms with Gasteiger partial charge in [0.1, 0.15) is 6.54 Å². The molecule has 0 saturated heterocycles. The van der Waals surface area contributed by atoms with Gasteiger partial charge >= 0.3 is 0 Å². The van der Waals surface area contributed by atoms with Crippen molar-refractivity contribution in [3.05, 3.63) is 33.8 Å². The minimum Gasteiger partial charge on any atom is -0.383 e. The molecule has 1 unspecified atom stereocenters. The number of rotatable bonds is 8. The van der Waals surface area contributed by atoms with E-state index >= 15 is 0 Å². The molecule has 0 aliphatic carbocycles. The van der Waals surface area contributed by atoms with Crippen molar-refractivity contribution in [1.82, 2.24) is 16.0 Å². The van der Waals surface area contributed by atoms with Gasteiger partial charge in [-0.2, -0.15) is 0 Å². The maximum atomic E-state index is 11.7. The van der Waals surface area contributed by atoms with Crippen molar-refractivity contribution in [2.75, 3.05) is 33.4 Å². The zero-order valence-corrected chi connectivity index (χ0v) is 15.7. The van der Waals surface area contributed by atoms with E-state index in [1.54, 1.807) is 13.2 Å². The highest BCUT2D eigenvalue weighted by Crippen LogP contribution is 2.25. The van der Waals surface area contributed by atoms with Crippen LogP contribution in [0.15, 0.2) is 23.2 Å². The van der Waals surface area contributed by atoms with Gasteiger partial charge in [0.2, 0.25) is 5.91 Å². The summed E-state index contributed by atoms with van der Waals surface area (Å²) in [6, 6.07) is 5.41. The van der Waals surface area contributed by atoms with Gasteiger partial charge in [-0.3, -0.25) is 4.79 Å². The summed E-state index contributed by atoms with van der Waals surface area (Å²) >= 11 is 12.0. The zero-order valence-electron chi connectivity index (χ0n) is 14.2. The molecule has 1 atom stereocenters. The third kappa shape index (κ3) is 7.38. The van der Waals surface area contributed by atoms with Crippen molar-refractivity contribution in [2.24, 2.45) is 4.99 Å². The predicted octanol–water partition coefficient (Wildman–Crippen LogP) is 2.37. The summed E-state index contributed by atoms with van der Waals surface area (Å²) in [6.45, 7) is 5.60. The number of halogens is 2. The van der Waals surface area contributed by atoms with E-state index in [1.165, 1.54) is 0 Å². The molecule has 0 bridgehead atoms. The normalized spacial score (nSPS) is 12.6. The van der Waals surface area contributed by atoms with Gasteiger partial charge in [0.05, 0.1) is 22.7 Å². The standard InChI is InChI=1S/C16H24Cl2N4O2/c1-4-19-16(21-10-15(23)20-7-8-24-3)22-11(2)12-5-6-13(17)14(18)9-12/h5-6,9,11H,4,7-8,10H2,1-3H3,(H,20,23)(H2,19,21,22). The third-order valence-electron chi connectivity index (χ3n) is 3.15. The SMILES string of the molecule is CCNC(=NCC(=O)NCCOC)NC(C)c1ccc(Cl)c(Cl)c1. The lowest BCUT2D eigenvalue weighted by Crippen LogP contribution is -2.40. The van der Waals surface area contributed by atoms with Gasteiger partial charge in [-0.15, -0.1) is 0 Å². The van der Waals surface area contributed by atoms with E-state index in [4.69, 9.17) is 27.9 Å². The Morgan fingerprint density at radius 3 is 2.67 bits per heavy atom. The number of aliphatic imine (C=N–C) groups is 1. The summed E-state index contributed by atoms with van der Waals surface area (Å²) in [5, 5.41) is 10.1. The van der Waals surface area contributed by atoms with Gasteiger partial charge in [-0.25, -0.2) is 4.99 Å². The number of carbonyl (C=O) groups excluding carboxylic acids is 1. The summed E-state index contributed by atoms with van der Waals surface area (Å²) in [5.74, 6) is 0.393. The molecule has 6 nitrogen and oxygen atoms in total. The minimum absolute atomic E-state index is 0.0349. The number of nitrogens with one attached hydrogen (secondary N) is 3. The van der Waals surface area contributed by atoms with E-state index < -0.39 is 0 Å². The highest BCUT2D eigenvalue weighted by atomic mass is 35.5. The van der Waals surface area contributed by atoms with Crippen molar-refractivity contribution < 1.29 is 9.53 Å². The van der Waals surface area contributed by atoms with Crippen LogP contribution in [-0.4, -0.2) is 45.2 Å². The number of ether oxygens (including phenoxy) is 1. The van der Waals surface area contributed by atoms with Crippen LogP contribution in [-0.2, 0) is 9.53 Å². The highest BCUT2D eigenvalue weighted by molar-refractivity contribution is 6.42. The van der Waals surface area contributed by atoms with E-state index in [0.29, 0.717) is 35.7 Å². The van der Waals surface area contributed by atoms with Crippen LogP contribution in [0.3, 0.4) is 0 Å². The van der Waals surface area contributed by atoms with Gasteiger partial charge < -0.3 is 20.7 Å². The number of amides is 1. The maximum absolute atomic E-state index is 11.7. The summed E-state index contributed by atoms with van der Waals surface area (Å²) in [4.78, 5) is 16.0. The summed E-state index contributed by atoms with van der Waals surface area (Å²) < 4.78 is 4.88. The molecule has 0 saturated carbocycles. The molecule has 8 heteroatoms. The fraction of sp³-hybridized carbons (Fsp3) is 0.500. The molecule has 1 aromatic rings. The fourth-order valence-corrected chi connectivity index (χ4v) is 2.20. The number of carbonyl (C=O) groups is 1. The summed E-state index contributed by atoms with van der Waals surface area (Å²) in [7, 11) is 1.59. The first kappa shape index (κ1) is 20.5. The monoisotopic (exact) mass is 374 g/mol. The second-order valence-corrected chi connectivity index (χ2v) is 5.89. The number of nitrogens with zero attached hydrogens (tertiary/aromatic N) is 1. The Labute approximate surface area is 153 Å². The molecule has 0 aliphatic rings. The van der Waals surface area contributed by atoms with Gasteiger partial charge in [0, 0.05) is 20.2 Å². The lowest BCUT2D eigenvalue weighted by molar-refractivity contribution is -0.119. The average Bonchev–Trinajstić information content (AvgIpc) is 2.55. The molecule has 0 aromatic heterocycles. The highest BCUT2D eigenvalue weighted by Gasteiger charge is 2.10. The lowest BCUT2D eigenvalue weighted by Gasteiger charge is -2.18. The third-order valence-corrected chi connectivity index (χ3v) is 3.89. The van der Waals surface area contributed by atoms with E-state index in [0.717, 1.165) is 5.56 Å². The molecule has 24 heavy (non-hydrogen) atoms. The smallest absolute Gasteiger partial charge is 0.241 e. The first-order valence-electron chi connectivity index (χ1n) is 7.73. The van der Waals surface area contributed by atoms with Crippen LogP contribution in [0.1, 0.15) is 25.5 Å². The van der Waals surface area contributed by atoms with Crippen molar-refractivity contribution in [2.45, 2.75) is 19.9 Å². The number of benzene rings is 1. The molecular formula is C16H24Cl2N4O2. The Hall–Kier alpha value is -1.50. The van der Waals surface area contributed by atoms with Crippen LogP contribution in [0.5, 0.6) is 0 Å². The van der Waals surface area contributed by atoms with Crippen molar-refractivity contribution in [3.63, 3.8) is 0 Å². The van der Waals surface area contributed by atoms with Gasteiger partial charge in [0.25, 0.3) is 0 Å². The Balaban J connectivity index is 2.64. The molecule has 0 heterocycles. The Kier molecular flexibility index (Phi) is 9.52. The summed E-state index contributed by atoms with van der Waals surface area (Å²) in [6.07, 6.45) is 0. The maximum Gasteiger partial charge on any atom is 0.241 e. The Morgan fingerprint density at radius 1 is 1.29 bits per heavy atom. The van der Waals surface area contributed by atoms with Crippen LogP contribution in [0.2, 0.25) is 10.0 Å². The molecule has 1 amide bonds. The molecule has 0 aliphatic heterocycles. The van der Waals surface area contributed by atoms with E-state index in [9.17, 15) is 4.79 Å².